The molecule has 3 aromatic carbocycles. The summed E-state index contributed by atoms with van der Waals surface area (Å²) in [6.07, 6.45) is 0.241. The molecule has 3 aromatic rings. The summed E-state index contributed by atoms with van der Waals surface area (Å²) in [7, 11) is 0. The second kappa shape index (κ2) is 10.3. The van der Waals surface area contributed by atoms with Gasteiger partial charge in [0.25, 0.3) is 0 Å². The third-order valence-electron chi connectivity index (χ3n) is 6.96. The maximum Gasteiger partial charge on any atom is 0.229 e. The quantitative estimate of drug-likeness (QED) is 0.586. The summed E-state index contributed by atoms with van der Waals surface area (Å²) in [5.74, 6) is -0.452. The van der Waals surface area contributed by atoms with Crippen LogP contribution in [-0.2, 0) is 16.1 Å². The number of amides is 2. The highest BCUT2D eigenvalue weighted by molar-refractivity contribution is 6.03. The Bertz CT molecular complexity index is 1150. The summed E-state index contributed by atoms with van der Waals surface area (Å²) >= 11 is 0. The van der Waals surface area contributed by atoms with Crippen molar-refractivity contribution in [2.75, 3.05) is 47.8 Å². The van der Waals surface area contributed by atoms with Gasteiger partial charge in [-0.1, -0.05) is 48.0 Å². The van der Waals surface area contributed by atoms with Crippen molar-refractivity contribution in [3.05, 3.63) is 90.0 Å². The summed E-state index contributed by atoms with van der Waals surface area (Å²) in [6.45, 7) is 7.45. The Labute approximate surface area is 207 Å². The monoisotopic (exact) mass is 468 g/mol. The number of rotatable bonds is 6. The van der Waals surface area contributed by atoms with E-state index in [1.165, 1.54) is 11.3 Å². The average molecular weight is 469 g/mol. The van der Waals surface area contributed by atoms with Crippen LogP contribution in [0, 0.1) is 12.8 Å². The van der Waals surface area contributed by atoms with Crippen LogP contribution in [0.3, 0.4) is 0 Å². The molecule has 6 nitrogen and oxygen atoms in total. The minimum atomic E-state index is -0.346. The first-order valence-electron chi connectivity index (χ1n) is 12.3. The smallest absolute Gasteiger partial charge is 0.229 e. The molecule has 180 valence electrons. The van der Waals surface area contributed by atoms with Crippen LogP contribution in [-0.4, -0.2) is 49.4 Å². The first-order chi connectivity index (χ1) is 17.0. The van der Waals surface area contributed by atoms with Crippen LogP contribution >= 0.6 is 0 Å². The molecule has 5 rings (SSSR count). The predicted molar refractivity (Wildman–Crippen MR) is 141 cm³/mol. The zero-order valence-corrected chi connectivity index (χ0v) is 20.2. The molecule has 0 aromatic heterocycles. The van der Waals surface area contributed by atoms with E-state index in [-0.39, 0.29) is 24.2 Å². The Morgan fingerprint density at radius 2 is 1.51 bits per heavy atom. The second-order valence-electron chi connectivity index (χ2n) is 9.53. The zero-order valence-electron chi connectivity index (χ0n) is 20.2. The topological polar surface area (TPSA) is 55.9 Å². The highest BCUT2D eigenvalue weighted by Gasteiger charge is 2.35. The van der Waals surface area contributed by atoms with Crippen molar-refractivity contribution in [1.82, 2.24) is 4.90 Å². The van der Waals surface area contributed by atoms with Crippen LogP contribution in [0.2, 0.25) is 0 Å². The molecule has 2 aliphatic rings. The van der Waals surface area contributed by atoms with Crippen molar-refractivity contribution in [3.8, 4) is 0 Å². The number of nitrogens with zero attached hydrogens (tertiary/aromatic N) is 3. The van der Waals surface area contributed by atoms with E-state index >= 15 is 0 Å². The summed E-state index contributed by atoms with van der Waals surface area (Å²) in [5, 5.41) is 3.01. The lowest BCUT2D eigenvalue weighted by Crippen LogP contribution is -2.45. The SMILES string of the molecule is Cc1ccc(N2CC(C(=O)Nc3ccc(N4CCN(Cc5ccccc5)CC4)cc3)CC2=O)cc1. The third-order valence-corrected chi connectivity index (χ3v) is 6.96. The average Bonchev–Trinajstić information content (AvgIpc) is 3.28. The molecule has 6 heteroatoms. The van der Waals surface area contributed by atoms with E-state index in [4.69, 9.17) is 0 Å². The number of aryl methyl sites for hydroxylation is 1. The molecule has 0 bridgehead atoms. The van der Waals surface area contributed by atoms with Crippen molar-refractivity contribution in [2.24, 2.45) is 5.92 Å². The number of hydrogen-bond acceptors (Lipinski definition) is 4. The van der Waals surface area contributed by atoms with Gasteiger partial charge in [-0.25, -0.2) is 0 Å². The molecule has 0 saturated carbocycles. The van der Waals surface area contributed by atoms with E-state index in [9.17, 15) is 9.59 Å². The molecule has 2 aliphatic heterocycles. The zero-order chi connectivity index (χ0) is 24.2. The maximum atomic E-state index is 12.9. The van der Waals surface area contributed by atoms with Crippen molar-refractivity contribution >= 4 is 28.9 Å². The van der Waals surface area contributed by atoms with Gasteiger partial charge >= 0.3 is 0 Å². The maximum absolute atomic E-state index is 12.9. The van der Waals surface area contributed by atoms with Gasteiger partial charge in [-0.2, -0.15) is 0 Å². The van der Waals surface area contributed by atoms with Crippen molar-refractivity contribution in [2.45, 2.75) is 19.9 Å². The fourth-order valence-electron chi connectivity index (χ4n) is 4.86. The van der Waals surface area contributed by atoms with Gasteiger partial charge in [-0.3, -0.25) is 14.5 Å². The van der Waals surface area contributed by atoms with Crippen molar-refractivity contribution in [3.63, 3.8) is 0 Å². The number of carbonyl (C=O) groups is 2. The number of piperazine rings is 1. The van der Waals surface area contributed by atoms with E-state index < -0.39 is 0 Å². The van der Waals surface area contributed by atoms with E-state index in [0.29, 0.717) is 6.54 Å². The molecule has 0 radical (unpaired) electrons. The molecule has 2 heterocycles. The molecular formula is C29H32N4O2. The minimum absolute atomic E-state index is 0.00393. The summed E-state index contributed by atoms with van der Waals surface area (Å²) in [5.41, 5.74) is 5.29. The van der Waals surface area contributed by atoms with Gasteiger partial charge in [0.15, 0.2) is 0 Å². The van der Waals surface area contributed by atoms with E-state index in [2.05, 4.69) is 57.6 Å². The lowest BCUT2D eigenvalue weighted by atomic mass is 10.1. The largest absolute Gasteiger partial charge is 0.369 e. The van der Waals surface area contributed by atoms with Crippen LogP contribution < -0.4 is 15.1 Å². The van der Waals surface area contributed by atoms with Gasteiger partial charge in [-0.05, 0) is 48.9 Å². The van der Waals surface area contributed by atoms with Crippen molar-refractivity contribution in [1.29, 1.82) is 0 Å². The number of nitrogens with one attached hydrogen (secondary N) is 1. The molecule has 35 heavy (non-hydrogen) atoms. The number of hydrogen-bond donors (Lipinski definition) is 1. The Morgan fingerprint density at radius 3 is 2.20 bits per heavy atom. The Kier molecular flexibility index (Phi) is 6.82. The van der Waals surface area contributed by atoms with Crippen LogP contribution in [0.5, 0.6) is 0 Å². The highest BCUT2D eigenvalue weighted by atomic mass is 16.2. The normalized spacial score (nSPS) is 18.7. The van der Waals surface area contributed by atoms with Crippen LogP contribution in [0.25, 0.3) is 0 Å². The van der Waals surface area contributed by atoms with Gasteiger partial charge in [0.05, 0.1) is 5.92 Å². The Balaban J connectivity index is 1.12. The first kappa shape index (κ1) is 23.1. The minimum Gasteiger partial charge on any atom is -0.369 e. The van der Waals surface area contributed by atoms with Crippen molar-refractivity contribution < 1.29 is 9.59 Å². The van der Waals surface area contributed by atoms with Gasteiger partial charge in [-0.15, -0.1) is 0 Å². The number of anilines is 3. The number of carbonyl (C=O) groups excluding carboxylic acids is 2. The van der Waals surface area contributed by atoms with Gasteiger partial charge in [0.1, 0.15) is 0 Å². The summed E-state index contributed by atoms with van der Waals surface area (Å²) < 4.78 is 0. The molecule has 0 aliphatic carbocycles. The van der Waals surface area contributed by atoms with Gasteiger partial charge in [0, 0.05) is 62.8 Å². The third kappa shape index (κ3) is 5.54. The standard InChI is InChI=1S/C29H32N4O2/c1-22-7-11-27(12-8-22)33-21-24(19-28(33)34)29(35)30-25-9-13-26(14-10-25)32-17-15-31(16-18-32)20-23-5-3-2-4-6-23/h2-14,24H,15-21H2,1H3,(H,30,35). The van der Waals surface area contributed by atoms with E-state index in [1.54, 1.807) is 4.90 Å². The Hall–Kier alpha value is -3.64. The molecule has 1 unspecified atom stereocenters. The van der Waals surface area contributed by atoms with Gasteiger partial charge in [0.2, 0.25) is 11.8 Å². The lowest BCUT2D eigenvalue weighted by molar-refractivity contribution is -0.122. The van der Waals surface area contributed by atoms with E-state index in [1.807, 2.05) is 43.3 Å². The fraction of sp³-hybridized carbons (Fsp3) is 0.310. The summed E-state index contributed by atoms with van der Waals surface area (Å²) in [4.78, 5) is 32.0. The highest BCUT2D eigenvalue weighted by Crippen LogP contribution is 2.27. The van der Waals surface area contributed by atoms with E-state index in [0.717, 1.165) is 49.7 Å². The second-order valence-corrected chi connectivity index (χ2v) is 9.53. The molecule has 2 fully saturated rings. The Morgan fingerprint density at radius 1 is 0.857 bits per heavy atom. The summed E-state index contributed by atoms with van der Waals surface area (Å²) in [6, 6.07) is 26.5. The van der Waals surface area contributed by atoms with Crippen LogP contribution in [0.1, 0.15) is 17.5 Å². The molecular weight excluding hydrogens is 436 g/mol. The number of benzene rings is 3. The first-order valence-corrected chi connectivity index (χ1v) is 12.3. The van der Waals surface area contributed by atoms with Crippen LogP contribution in [0.4, 0.5) is 17.1 Å². The van der Waals surface area contributed by atoms with Gasteiger partial charge < -0.3 is 15.1 Å². The fourth-order valence-corrected chi connectivity index (χ4v) is 4.86. The lowest BCUT2D eigenvalue weighted by Gasteiger charge is -2.36. The molecule has 2 amide bonds. The molecule has 2 saturated heterocycles. The van der Waals surface area contributed by atoms with Crippen LogP contribution in [0.15, 0.2) is 78.9 Å². The molecule has 1 atom stereocenters. The molecule has 0 spiro atoms. The predicted octanol–water partition coefficient (Wildman–Crippen LogP) is 4.31. The molecule has 1 N–H and O–H groups in total.